The van der Waals surface area contributed by atoms with Gasteiger partial charge in [-0.05, 0) is 59.4 Å². The number of ether oxygens (including phenoxy) is 1. The van der Waals surface area contributed by atoms with Crippen LogP contribution in [-0.2, 0) is 11.2 Å². The first kappa shape index (κ1) is 13.8. The summed E-state index contributed by atoms with van der Waals surface area (Å²) in [5.74, 6) is 0. The van der Waals surface area contributed by atoms with Crippen molar-refractivity contribution in [2.24, 2.45) is 5.73 Å². The molecule has 1 aromatic carbocycles. The largest absolute Gasteiger partial charge is 0.381 e. The molecule has 1 aliphatic rings. The topological polar surface area (TPSA) is 38.5 Å². The quantitative estimate of drug-likeness (QED) is 0.928. The van der Waals surface area contributed by atoms with Crippen LogP contribution in [0.2, 0.25) is 0 Å². The molecule has 0 aromatic heterocycles. The highest BCUT2D eigenvalue weighted by Gasteiger charge is 2.20. The highest BCUT2D eigenvalue weighted by Crippen LogP contribution is 2.30. The van der Waals surface area contributed by atoms with Crippen LogP contribution < -0.4 is 10.6 Å². The summed E-state index contributed by atoms with van der Waals surface area (Å²) in [5.41, 5.74) is 8.12. The van der Waals surface area contributed by atoms with Crippen LogP contribution in [0.4, 0.5) is 5.69 Å². The molecule has 1 saturated heterocycles. The summed E-state index contributed by atoms with van der Waals surface area (Å²) in [6.07, 6.45) is 3.14. The molecule has 1 fully saturated rings. The molecule has 0 aliphatic carbocycles. The normalized spacial score (nSPS) is 16.8. The van der Waals surface area contributed by atoms with Gasteiger partial charge < -0.3 is 15.4 Å². The molecule has 0 amide bonds. The van der Waals surface area contributed by atoms with Crippen molar-refractivity contribution in [3.63, 3.8) is 0 Å². The fraction of sp³-hybridized carbons (Fsp3) is 0.571. The van der Waals surface area contributed by atoms with E-state index >= 15 is 0 Å². The summed E-state index contributed by atoms with van der Waals surface area (Å²) in [6, 6.07) is 7.11. The Balaban J connectivity index is 2.11. The number of nitrogens with zero attached hydrogens (tertiary/aromatic N) is 1. The molecule has 0 spiro atoms. The summed E-state index contributed by atoms with van der Waals surface area (Å²) in [7, 11) is 2.17. The Hall–Kier alpha value is -0.580. The lowest BCUT2D eigenvalue weighted by Crippen LogP contribution is -2.36. The number of anilines is 1. The second-order valence-electron chi connectivity index (χ2n) is 4.78. The van der Waals surface area contributed by atoms with E-state index in [9.17, 15) is 0 Å². The Bertz CT molecular complexity index is 391. The second kappa shape index (κ2) is 6.55. The lowest BCUT2D eigenvalue weighted by Gasteiger charge is -2.33. The Morgan fingerprint density at radius 3 is 2.72 bits per heavy atom. The van der Waals surface area contributed by atoms with Crippen LogP contribution in [0.3, 0.4) is 0 Å². The van der Waals surface area contributed by atoms with Crippen LogP contribution in [0.25, 0.3) is 0 Å². The lowest BCUT2D eigenvalue weighted by atomic mass is 10.1. The van der Waals surface area contributed by atoms with Gasteiger partial charge in [-0.2, -0.15) is 0 Å². The van der Waals surface area contributed by atoms with Crippen molar-refractivity contribution in [1.82, 2.24) is 0 Å². The highest BCUT2D eigenvalue weighted by atomic mass is 79.9. The van der Waals surface area contributed by atoms with Crippen molar-refractivity contribution in [2.45, 2.75) is 25.3 Å². The summed E-state index contributed by atoms with van der Waals surface area (Å²) >= 11 is 3.67. The molecule has 100 valence electrons. The van der Waals surface area contributed by atoms with E-state index in [2.05, 4.69) is 46.1 Å². The number of nitrogens with two attached hydrogens (primary N) is 1. The molecule has 0 saturated carbocycles. The predicted octanol–water partition coefficient (Wildman–Crippen LogP) is 2.57. The predicted molar refractivity (Wildman–Crippen MR) is 79.1 cm³/mol. The van der Waals surface area contributed by atoms with E-state index in [-0.39, 0.29) is 0 Å². The molecule has 0 unspecified atom stereocenters. The molecular formula is C14H21BrN2O. The van der Waals surface area contributed by atoms with E-state index < -0.39 is 0 Å². The molecular weight excluding hydrogens is 292 g/mol. The van der Waals surface area contributed by atoms with Gasteiger partial charge in [-0.3, -0.25) is 0 Å². The van der Waals surface area contributed by atoms with Crippen molar-refractivity contribution >= 4 is 21.6 Å². The molecule has 0 atom stereocenters. The van der Waals surface area contributed by atoms with Gasteiger partial charge in [0.2, 0.25) is 0 Å². The maximum absolute atomic E-state index is 5.59. The monoisotopic (exact) mass is 312 g/mol. The molecule has 1 aliphatic heterocycles. The number of rotatable bonds is 4. The molecule has 1 aromatic rings. The SMILES string of the molecule is CN(c1ccc(CCN)cc1Br)C1CCOCC1. The van der Waals surface area contributed by atoms with Crippen LogP contribution in [0.5, 0.6) is 0 Å². The van der Waals surface area contributed by atoms with E-state index in [0.29, 0.717) is 12.6 Å². The van der Waals surface area contributed by atoms with Gasteiger partial charge in [0.05, 0.1) is 5.69 Å². The maximum Gasteiger partial charge on any atom is 0.0510 e. The summed E-state index contributed by atoms with van der Waals surface area (Å²) in [4.78, 5) is 2.36. The average Bonchev–Trinajstić information content (AvgIpc) is 2.40. The molecule has 2 N–H and O–H groups in total. The molecule has 0 bridgehead atoms. The fourth-order valence-corrected chi connectivity index (χ4v) is 3.13. The molecule has 3 nitrogen and oxygen atoms in total. The summed E-state index contributed by atoms with van der Waals surface area (Å²) < 4.78 is 6.57. The van der Waals surface area contributed by atoms with Crippen LogP contribution in [0.15, 0.2) is 22.7 Å². The third kappa shape index (κ3) is 3.25. The third-order valence-corrected chi connectivity index (χ3v) is 4.20. The van der Waals surface area contributed by atoms with Crippen molar-refractivity contribution in [3.8, 4) is 0 Å². The van der Waals surface area contributed by atoms with Gasteiger partial charge in [0, 0.05) is 30.8 Å². The van der Waals surface area contributed by atoms with E-state index in [0.717, 1.165) is 36.9 Å². The highest BCUT2D eigenvalue weighted by molar-refractivity contribution is 9.10. The standard InChI is InChI=1S/C14H21BrN2O/c1-17(12-5-8-18-9-6-12)14-3-2-11(4-7-16)10-13(14)15/h2-3,10,12H,4-9,16H2,1H3. The second-order valence-corrected chi connectivity index (χ2v) is 5.63. The smallest absolute Gasteiger partial charge is 0.0510 e. The van der Waals surface area contributed by atoms with E-state index in [1.54, 1.807) is 0 Å². The Kier molecular flexibility index (Phi) is 5.03. The Labute approximate surface area is 117 Å². The number of benzene rings is 1. The van der Waals surface area contributed by atoms with Gasteiger partial charge in [-0.25, -0.2) is 0 Å². The zero-order valence-electron chi connectivity index (χ0n) is 10.9. The Morgan fingerprint density at radius 1 is 1.39 bits per heavy atom. The van der Waals surface area contributed by atoms with Crippen LogP contribution in [-0.4, -0.2) is 32.8 Å². The van der Waals surface area contributed by atoms with Crippen molar-refractivity contribution in [2.75, 3.05) is 31.7 Å². The Morgan fingerprint density at radius 2 is 2.11 bits per heavy atom. The number of halogens is 1. The first-order valence-electron chi connectivity index (χ1n) is 6.51. The third-order valence-electron chi connectivity index (χ3n) is 3.56. The van der Waals surface area contributed by atoms with Gasteiger partial charge in [0.1, 0.15) is 0 Å². The molecule has 4 heteroatoms. The summed E-state index contributed by atoms with van der Waals surface area (Å²) in [6.45, 7) is 2.44. The first-order valence-corrected chi connectivity index (χ1v) is 7.30. The minimum Gasteiger partial charge on any atom is -0.381 e. The van der Waals surface area contributed by atoms with Crippen LogP contribution in [0.1, 0.15) is 18.4 Å². The van der Waals surface area contributed by atoms with Gasteiger partial charge >= 0.3 is 0 Å². The van der Waals surface area contributed by atoms with Gasteiger partial charge in [-0.1, -0.05) is 6.07 Å². The zero-order chi connectivity index (χ0) is 13.0. The molecule has 18 heavy (non-hydrogen) atoms. The lowest BCUT2D eigenvalue weighted by molar-refractivity contribution is 0.0854. The first-order chi connectivity index (χ1) is 8.72. The minimum absolute atomic E-state index is 0.579. The zero-order valence-corrected chi connectivity index (χ0v) is 12.4. The number of hydrogen-bond acceptors (Lipinski definition) is 3. The van der Waals surface area contributed by atoms with Gasteiger partial charge in [0.15, 0.2) is 0 Å². The van der Waals surface area contributed by atoms with Crippen molar-refractivity contribution in [1.29, 1.82) is 0 Å². The maximum atomic E-state index is 5.59. The number of hydrogen-bond donors (Lipinski definition) is 1. The van der Waals surface area contributed by atoms with E-state index in [4.69, 9.17) is 10.5 Å². The summed E-state index contributed by atoms with van der Waals surface area (Å²) in [5, 5.41) is 0. The molecule has 0 radical (unpaired) electrons. The van der Waals surface area contributed by atoms with E-state index in [1.807, 2.05) is 0 Å². The van der Waals surface area contributed by atoms with Gasteiger partial charge in [0.25, 0.3) is 0 Å². The average molecular weight is 313 g/mol. The fourth-order valence-electron chi connectivity index (χ4n) is 2.43. The van der Waals surface area contributed by atoms with Crippen molar-refractivity contribution in [3.05, 3.63) is 28.2 Å². The van der Waals surface area contributed by atoms with Crippen LogP contribution >= 0.6 is 15.9 Å². The molecule has 2 rings (SSSR count). The molecule has 1 heterocycles. The van der Waals surface area contributed by atoms with Crippen LogP contribution in [0, 0.1) is 0 Å². The van der Waals surface area contributed by atoms with E-state index in [1.165, 1.54) is 11.3 Å². The van der Waals surface area contributed by atoms with Crippen molar-refractivity contribution < 1.29 is 4.74 Å². The minimum atomic E-state index is 0.579. The van der Waals surface area contributed by atoms with Gasteiger partial charge in [-0.15, -0.1) is 0 Å².